The SMILES string of the molecule is COCOc1cc(OCOC)c(C(C)C)cc1C(=O)NNC(=S)NC(C)C. The topological polar surface area (TPSA) is 90.1 Å². The summed E-state index contributed by atoms with van der Waals surface area (Å²) < 4.78 is 21.1. The first-order valence-corrected chi connectivity index (χ1v) is 8.99. The molecule has 0 spiro atoms. The van der Waals surface area contributed by atoms with Crippen LogP contribution in [0.25, 0.3) is 0 Å². The second-order valence-corrected chi connectivity index (χ2v) is 6.76. The summed E-state index contributed by atoms with van der Waals surface area (Å²) in [6, 6.07) is 3.54. The molecule has 8 nitrogen and oxygen atoms in total. The van der Waals surface area contributed by atoms with E-state index in [2.05, 4.69) is 16.2 Å². The molecule has 152 valence electrons. The lowest BCUT2D eigenvalue weighted by molar-refractivity contribution is 0.0449. The van der Waals surface area contributed by atoms with Crippen LogP contribution in [0.15, 0.2) is 12.1 Å². The minimum atomic E-state index is -0.394. The predicted octanol–water partition coefficient (Wildman–Crippen LogP) is 2.29. The first kappa shape index (κ1) is 22.9. The molecule has 1 aromatic rings. The van der Waals surface area contributed by atoms with Gasteiger partial charge in [0.1, 0.15) is 11.5 Å². The number of benzene rings is 1. The van der Waals surface area contributed by atoms with Gasteiger partial charge in [0.15, 0.2) is 18.7 Å². The van der Waals surface area contributed by atoms with Crippen molar-refractivity contribution in [2.24, 2.45) is 0 Å². The molecule has 0 unspecified atom stereocenters. The summed E-state index contributed by atoms with van der Waals surface area (Å²) in [5, 5.41) is 3.30. The van der Waals surface area contributed by atoms with E-state index in [1.807, 2.05) is 27.7 Å². The van der Waals surface area contributed by atoms with E-state index in [0.717, 1.165) is 5.56 Å². The Hall–Kier alpha value is -2.10. The van der Waals surface area contributed by atoms with Gasteiger partial charge in [-0.2, -0.15) is 0 Å². The fraction of sp³-hybridized carbons (Fsp3) is 0.556. The number of carbonyl (C=O) groups excluding carboxylic acids is 1. The molecule has 1 aromatic carbocycles. The van der Waals surface area contributed by atoms with Crippen molar-refractivity contribution in [1.82, 2.24) is 16.2 Å². The van der Waals surface area contributed by atoms with Gasteiger partial charge in [0, 0.05) is 26.3 Å². The second-order valence-electron chi connectivity index (χ2n) is 6.35. The monoisotopic (exact) mass is 399 g/mol. The minimum Gasteiger partial charge on any atom is -0.467 e. The zero-order valence-electron chi connectivity index (χ0n) is 16.7. The molecule has 0 atom stereocenters. The van der Waals surface area contributed by atoms with Crippen LogP contribution in [0.3, 0.4) is 0 Å². The maximum atomic E-state index is 12.7. The van der Waals surface area contributed by atoms with Crippen molar-refractivity contribution in [1.29, 1.82) is 0 Å². The number of rotatable bonds is 9. The molecule has 0 aliphatic rings. The summed E-state index contributed by atoms with van der Waals surface area (Å²) in [4.78, 5) is 12.7. The highest BCUT2D eigenvalue weighted by Crippen LogP contribution is 2.34. The molecule has 0 saturated heterocycles. The normalized spacial score (nSPS) is 10.7. The average Bonchev–Trinajstić information content (AvgIpc) is 2.61. The third kappa shape index (κ3) is 7.58. The minimum absolute atomic E-state index is 0.00817. The third-order valence-corrected chi connectivity index (χ3v) is 3.57. The quantitative estimate of drug-likeness (QED) is 0.331. The van der Waals surface area contributed by atoms with Gasteiger partial charge >= 0.3 is 0 Å². The predicted molar refractivity (Wildman–Crippen MR) is 107 cm³/mol. The molecule has 1 amide bonds. The Kier molecular flexibility index (Phi) is 9.84. The van der Waals surface area contributed by atoms with E-state index in [0.29, 0.717) is 22.2 Å². The Bertz CT molecular complexity index is 638. The number of ether oxygens (including phenoxy) is 4. The average molecular weight is 400 g/mol. The Balaban J connectivity index is 3.11. The highest BCUT2D eigenvalue weighted by atomic mass is 32.1. The lowest BCUT2D eigenvalue weighted by Gasteiger charge is -2.19. The molecule has 0 aliphatic heterocycles. The Morgan fingerprint density at radius 2 is 1.59 bits per heavy atom. The number of methoxy groups -OCH3 is 2. The van der Waals surface area contributed by atoms with Gasteiger partial charge in [-0.15, -0.1) is 0 Å². The fourth-order valence-corrected chi connectivity index (χ4v) is 2.46. The van der Waals surface area contributed by atoms with Crippen molar-refractivity contribution in [3.05, 3.63) is 23.3 Å². The van der Waals surface area contributed by atoms with Crippen molar-refractivity contribution < 1.29 is 23.7 Å². The number of amides is 1. The van der Waals surface area contributed by atoms with Crippen LogP contribution in [0, 0.1) is 0 Å². The molecule has 0 bridgehead atoms. The van der Waals surface area contributed by atoms with Gasteiger partial charge in [-0.25, -0.2) is 0 Å². The lowest BCUT2D eigenvalue weighted by Crippen LogP contribution is -2.48. The van der Waals surface area contributed by atoms with E-state index in [1.54, 1.807) is 19.2 Å². The molecule has 27 heavy (non-hydrogen) atoms. The van der Waals surface area contributed by atoms with E-state index >= 15 is 0 Å². The number of hydrogen-bond donors (Lipinski definition) is 3. The summed E-state index contributed by atoms with van der Waals surface area (Å²) in [5.74, 6) is 0.638. The molecule has 0 aromatic heterocycles. The molecule has 9 heteroatoms. The number of nitrogens with one attached hydrogen (secondary N) is 3. The van der Waals surface area contributed by atoms with Crippen LogP contribution >= 0.6 is 12.2 Å². The summed E-state index contributed by atoms with van der Waals surface area (Å²) in [5.41, 5.74) is 6.43. The van der Waals surface area contributed by atoms with Crippen molar-refractivity contribution in [3.63, 3.8) is 0 Å². The van der Waals surface area contributed by atoms with Crippen LogP contribution < -0.4 is 25.6 Å². The zero-order valence-corrected chi connectivity index (χ0v) is 17.5. The Morgan fingerprint density at radius 3 is 2.11 bits per heavy atom. The summed E-state index contributed by atoms with van der Waals surface area (Å²) in [6.07, 6.45) is 0. The van der Waals surface area contributed by atoms with Crippen LogP contribution in [0.5, 0.6) is 11.5 Å². The van der Waals surface area contributed by atoms with Gasteiger partial charge in [-0.1, -0.05) is 13.8 Å². The van der Waals surface area contributed by atoms with Gasteiger partial charge in [-0.3, -0.25) is 15.6 Å². The lowest BCUT2D eigenvalue weighted by atomic mass is 9.98. The molecule has 0 saturated carbocycles. The molecular weight excluding hydrogens is 370 g/mol. The maximum Gasteiger partial charge on any atom is 0.273 e. The fourth-order valence-electron chi connectivity index (χ4n) is 2.17. The first-order valence-electron chi connectivity index (χ1n) is 8.58. The van der Waals surface area contributed by atoms with E-state index in [4.69, 9.17) is 31.2 Å². The van der Waals surface area contributed by atoms with E-state index in [-0.39, 0.29) is 25.5 Å². The largest absolute Gasteiger partial charge is 0.467 e. The van der Waals surface area contributed by atoms with Crippen LogP contribution in [-0.4, -0.2) is 44.9 Å². The number of hydrogen-bond acceptors (Lipinski definition) is 6. The maximum absolute atomic E-state index is 12.7. The number of carbonyl (C=O) groups is 1. The third-order valence-electron chi connectivity index (χ3n) is 3.35. The molecule has 1 rings (SSSR count). The Labute approximate surface area is 165 Å². The summed E-state index contributed by atoms with van der Waals surface area (Å²) in [6.45, 7) is 7.98. The van der Waals surface area contributed by atoms with E-state index in [1.165, 1.54) is 7.11 Å². The molecule has 0 radical (unpaired) electrons. The summed E-state index contributed by atoms with van der Waals surface area (Å²) in [7, 11) is 3.04. The molecule has 0 heterocycles. The number of hydrazine groups is 1. The van der Waals surface area contributed by atoms with Crippen LogP contribution in [0.1, 0.15) is 49.5 Å². The molecule has 0 fully saturated rings. The van der Waals surface area contributed by atoms with Crippen LogP contribution in [0.2, 0.25) is 0 Å². The second kappa shape index (κ2) is 11.6. The van der Waals surface area contributed by atoms with Gasteiger partial charge < -0.3 is 24.3 Å². The smallest absolute Gasteiger partial charge is 0.273 e. The standard InChI is InChI=1S/C18H29N3O5S/c1-11(2)13-7-14(17(22)20-21-18(27)19-12(3)4)16(26-10-24-6)8-15(13)25-9-23-5/h7-8,11-12H,9-10H2,1-6H3,(H,20,22)(H2,19,21,27). The van der Waals surface area contributed by atoms with Crippen molar-refractivity contribution >= 4 is 23.2 Å². The van der Waals surface area contributed by atoms with E-state index < -0.39 is 5.91 Å². The van der Waals surface area contributed by atoms with Gasteiger partial charge in [0.25, 0.3) is 5.91 Å². The number of thiocarbonyl (C=S) groups is 1. The highest BCUT2D eigenvalue weighted by molar-refractivity contribution is 7.80. The molecule has 0 aliphatic carbocycles. The van der Waals surface area contributed by atoms with Gasteiger partial charge in [-0.05, 0) is 43.6 Å². The van der Waals surface area contributed by atoms with Crippen LogP contribution in [-0.2, 0) is 9.47 Å². The molecular formula is C18H29N3O5S. The van der Waals surface area contributed by atoms with Crippen molar-refractivity contribution in [3.8, 4) is 11.5 Å². The van der Waals surface area contributed by atoms with E-state index in [9.17, 15) is 4.79 Å². The highest BCUT2D eigenvalue weighted by Gasteiger charge is 2.20. The van der Waals surface area contributed by atoms with Crippen molar-refractivity contribution in [2.45, 2.75) is 39.7 Å². The first-order chi connectivity index (χ1) is 12.8. The zero-order chi connectivity index (χ0) is 20.4. The summed E-state index contributed by atoms with van der Waals surface area (Å²) >= 11 is 5.12. The van der Waals surface area contributed by atoms with Gasteiger partial charge in [0.2, 0.25) is 0 Å². The molecule has 3 N–H and O–H groups in total. The Morgan fingerprint density at radius 1 is 1.00 bits per heavy atom. The van der Waals surface area contributed by atoms with Crippen LogP contribution in [0.4, 0.5) is 0 Å². The van der Waals surface area contributed by atoms with Crippen molar-refractivity contribution in [2.75, 3.05) is 27.8 Å². The van der Waals surface area contributed by atoms with Gasteiger partial charge in [0.05, 0.1) is 5.56 Å².